The molecule has 0 radical (unpaired) electrons. The van der Waals surface area contributed by atoms with Crippen LogP contribution in [-0.2, 0) is 23.9 Å². The van der Waals surface area contributed by atoms with E-state index in [9.17, 15) is 29.3 Å². The highest BCUT2D eigenvalue weighted by Gasteiger charge is 2.35. The molecule has 0 heterocycles. The quantitative estimate of drug-likeness (QED) is 0.330. The van der Waals surface area contributed by atoms with E-state index in [0.29, 0.717) is 5.56 Å². The Morgan fingerprint density at radius 1 is 1.00 bits per heavy atom. The minimum absolute atomic E-state index is 0.0853. The fraction of sp³-hybridized carbons (Fsp3) is 0.273. The predicted octanol–water partition coefficient (Wildman–Crippen LogP) is 2.17. The Balaban J connectivity index is 2.46. The van der Waals surface area contributed by atoms with Crippen molar-refractivity contribution in [3.8, 4) is 0 Å². The third-order valence-electron chi connectivity index (χ3n) is 4.77. The summed E-state index contributed by atoms with van der Waals surface area (Å²) < 4.78 is 9.56. The second kappa shape index (κ2) is 11.4. The monoisotopic (exact) mass is 457 g/mol. The van der Waals surface area contributed by atoms with E-state index >= 15 is 0 Å². The first-order valence-corrected chi connectivity index (χ1v) is 9.74. The van der Waals surface area contributed by atoms with Crippen molar-refractivity contribution in [1.29, 1.82) is 0 Å². The summed E-state index contributed by atoms with van der Waals surface area (Å²) in [6.07, 6.45) is -0.318. The lowest BCUT2D eigenvalue weighted by atomic mass is 9.88. The van der Waals surface area contributed by atoms with E-state index in [1.165, 1.54) is 50.4 Å². The van der Waals surface area contributed by atoms with E-state index in [2.05, 4.69) is 10.6 Å². The summed E-state index contributed by atoms with van der Waals surface area (Å²) in [5.41, 5.74) is 0.503. The highest BCUT2D eigenvalue weighted by Crippen LogP contribution is 2.28. The molecule has 174 valence electrons. The minimum atomic E-state index is -1.34. The van der Waals surface area contributed by atoms with Gasteiger partial charge in [0.05, 0.1) is 36.8 Å². The average molecular weight is 457 g/mol. The number of nitrogens with one attached hydrogen (secondary N) is 2. The maximum atomic E-state index is 13.0. The smallest absolute Gasteiger partial charge is 0.329 e. The van der Waals surface area contributed by atoms with Gasteiger partial charge >= 0.3 is 11.9 Å². The van der Waals surface area contributed by atoms with Crippen LogP contribution in [0.2, 0.25) is 0 Å². The van der Waals surface area contributed by atoms with Gasteiger partial charge in [-0.2, -0.15) is 0 Å². The zero-order chi connectivity index (χ0) is 24.5. The number of nitro groups is 1. The first-order valence-electron chi connectivity index (χ1n) is 9.74. The van der Waals surface area contributed by atoms with E-state index in [1.807, 2.05) is 0 Å². The molecule has 2 aromatic carbocycles. The summed E-state index contributed by atoms with van der Waals surface area (Å²) in [6.45, 7) is 1.28. The number of carbonyl (C=O) groups is 4. The second-order valence-corrected chi connectivity index (χ2v) is 6.94. The fourth-order valence-electron chi connectivity index (χ4n) is 3.18. The van der Waals surface area contributed by atoms with Crippen molar-refractivity contribution in [3.05, 3.63) is 69.8 Å². The van der Waals surface area contributed by atoms with Crippen molar-refractivity contribution in [3.63, 3.8) is 0 Å². The standard InChI is InChI=1S/C22H23N3O8/c1-13(26)23-18-7-5-4-6-16(18)21(28)24-20(22(29)33-3)17(12-19(27)32-2)14-8-10-15(11-9-14)25(30)31/h4-11,17,20H,12H2,1-3H3,(H,23,26)(H,24,28)/t17-,20+/m1/s1. The Labute approximate surface area is 189 Å². The van der Waals surface area contributed by atoms with Crippen LogP contribution in [0.25, 0.3) is 0 Å². The number of hydrogen-bond donors (Lipinski definition) is 2. The van der Waals surface area contributed by atoms with Gasteiger partial charge in [-0.1, -0.05) is 24.3 Å². The van der Waals surface area contributed by atoms with Crippen molar-refractivity contribution in [1.82, 2.24) is 5.32 Å². The third-order valence-corrected chi connectivity index (χ3v) is 4.77. The number of hydrogen-bond acceptors (Lipinski definition) is 8. The SMILES string of the molecule is COC(=O)C[C@H](c1ccc([N+](=O)[O-])cc1)[C@H](NC(=O)c1ccccc1NC(C)=O)C(=O)OC. The molecule has 33 heavy (non-hydrogen) atoms. The highest BCUT2D eigenvalue weighted by molar-refractivity contribution is 6.04. The summed E-state index contributed by atoms with van der Waals surface area (Å²) in [5.74, 6) is -3.56. The number of carbonyl (C=O) groups excluding carboxylic acids is 4. The largest absolute Gasteiger partial charge is 0.469 e. The lowest BCUT2D eigenvalue weighted by Gasteiger charge is -2.26. The Morgan fingerprint density at radius 3 is 2.18 bits per heavy atom. The zero-order valence-corrected chi connectivity index (χ0v) is 18.2. The van der Waals surface area contributed by atoms with Crippen molar-refractivity contribution in [2.45, 2.75) is 25.3 Å². The zero-order valence-electron chi connectivity index (χ0n) is 18.2. The number of nitrogens with zero attached hydrogens (tertiary/aromatic N) is 1. The molecule has 0 aromatic heterocycles. The van der Waals surface area contributed by atoms with E-state index in [-0.39, 0.29) is 23.4 Å². The number of rotatable bonds is 9. The first-order chi connectivity index (χ1) is 15.7. The molecule has 0 aliphatic carbocycles. The molecule has 2 aromatic rings. The molecule has 0 saturated heterocycles. The number of para-hydroxylation sites is 1. The molecule has 2 rings (SSSR count). The number of esters is 2. The molecule has 0 aliphatic heterocycles. The molecule has 0 saturated carbocycles. The van der Waals surface area contributed by atoms with Gasteiger partial charge in [-0.3, -0.25) is 24.5 Å². The summed E-state index contributed by atoms with van der Waals surface area (Å²) in [7, 11) is 2.29. The number of methoxy groups -OCH3 is 2. The predicted molar refractivity (Wildman–Crippen MR) is 116 cm³/mol. The third kappa shape index (κ3) is 6.60. The first kappa shape index (κ1) is 25.0. The lowest BCUT2D eigenvalue weighted by molar-refractivity contribution is -0.384. The maximum absolute atomic E-state index is 13.0. The number of anilines is 1. The second-order valence-electron chi connectivity index (χ2n) is 6.94. The van der Waals surface area contributed by atoms with Gasteiger partial charge in [-0.25, -0.2) is 4.79 Å². The van der Waals surface area contributed by atoms with Gasteiger partial charge in [0, 0.05) is 25.0 Å². The van der Waals surface area contributed by atoms with Crippen LogP contribution in [0.5, 0.6) is 0 Å². The van der Waals surface area contributed by atoms with Crippen LogP contribution in [0.15, 0.2) is 48.5 Å². The van der Waals surface area contributed by atoms with Crippen LogP contribution < -0.4 is 10.6 Å². The number of non-ortho nitro benzene ring substituents is 1. The summed E-state index contributed by atoms with van der Waals surface area (Å²) in [4.78, 5) is 59.6. The van der Waals surface area contributed by atoms with Crippen molar-refractivity contribution in [2.24, 2.45) is 0 Å². The van der Waals surface area contributed by atoms with Crippen LogP contribution in [0.1, 0.15) is 35.2 Å². The molecule has 0 fully saturated rings. The van der Waals surface area contributed by atoms with Crippen LogP contribution >= 0.6 is 0 Å². The molecule has 2 atom stereocenters. The molecular weight excluding hydrogens is 434 g/mol. The highest BCUT2D eigenvalue weighted by atomic mass is 16.6. The number of amides is 2. The normalized spacial score (nSPS) is 12.1. The van der Waals surface area contributed by atoms with Gasteiger partial charge in [0.15, 0.2) is 0 Å². The van der Waals surface area contributed by atoms with Gasteiger partial charge in [0.2, 0.25) is 5.91 Å². The van der Waals surface area contributed by atoms with Crippen molar-refractivity contribution < 1.29 is 33.6 Å². The van der Waals surface area contributed by atoms with E-state index < -0.39 is 40.6 Å². The Bertz CT molecular complexity index is 1050. The van der Waals surface area contributed by atoms with Gasteiger partial charge < -0.3 is 20.1 Å². The van der Waals surface area contributed by atoms with Gasteiger partial charge in [0.25, 0.3) is 11.6 Å². The Morgan fingerprint density at radius 2 is 1.64 bits per heavy atom. The van der Waals surface area contributed by atoms with Crippen LogP contribution in [0.4, 0.5) is 11.4 Å². The van der Waals surface area contributed by atoms with Crippen molar-refractivity contribution in [2.75, 3.05) is 19.5 Å². The van der Waals surface area contributed by atoms with Gasteiger partial charge in [0.1, 0.15) is 6.04 Å². The van der Waals surface area contributed by atoms with Crippen LogP contribution in [0.3, 0.4) is 0 Å². The molecule has 0 spiro atoms. The number of nitro benzene ring substituents is 1. The molecule has 0 bridgehead atoms. The van der Waals surface area contributed by atoms with E-state index in [4.69, 9.17) is 9.47 Å². The van der Waals surface area contributed by atoms with Crippen LogP contribution in [-0.4, -0.2) is 48.9 Å². The summed E-state index contributed by atoms with van der Waals surface area (Å²) >= 11 is 0. The average Bonchev–Trinajstić information content (AvgIpc) is 2.80. The lowest BCUT2D eigenvalue weighted by Crippen LogP contribution is -2.46. The van der Waals surface area contributed by atoms with Gasteiger partial charge in [-0.15, -0.1) is 0 Å². The van der Waals surface area contributed by atoms with Crippen LogP contribution in [0, 0.1) is 10.1 Å². The van der Waals surface area contributed by atoms with Crippen molar-refractivity contribution >= 4 is 35.1 Å². The maximum Gasteiger partial charge on any atom is 0.329 e. The van der Waals surface area contributed by atoms with Gasteiger partial charge in [-0.05, 0) is 17.7 Å². The fourth-order valence-corrected chi connectivity index (χ4v) is 3.18. The Kier molecular flexibility index (Phi) is 8.61. The minimum Gasteiger partial charge on any atom is -0.469 e. The summed E-state index contributed by atoms with van der Waals surface area (Å²) in [5, 5.41) is 16.1. The Hall–Kier alpha value is -4.28. The summed E-state index contributed by atoms with van der Waals surface area (Å²) in [6, 6.07) is 10.1. The molecule has 2 N–H and O–H groups in total. The number of benzene rings is 2. The van der Waals surface area contributed by atoms with E-state index in [1.54, 1.807) is 12.1 Å². The topological polar surface area (TPSA) is 154 Å². The number of ether oxygens (including phenoxy) is 2. The molecule has 11 heteroatoms. The molecule has 2 amide bonds. The molecule has 0 aliphatic rings. The molecule has 11 nitrogen and oxygen atoms in total. The molecular formula is C22H23N3O8. The molecule has 0 unspecified atom stereocenters. The van der Waals surface area contributed by atoms with E-state index in [0.717, 1.165) is 7.11 Å².